The number of carbonyl (C=O) groups excluding carboxylic acids is 2. The summed E-state index contributed by atoms with van der Waals surface area (Å²) in [5, 5.41) is 10.3. The quantitative estimate of drug-likeness (QED) is 0.659. The van der Waals surface area contributed by atoms with Crippen LogP contribution in [0.2, 0.25) is 0 Å². The van der Waals surface area contributed by atoms with E-state index in [0.29, 0.717) is 0 Å². The minimum Gasteiger partial charge on any atom is -0.440 e. The first-order valence-electron chi connectivity index (χ1n) is 7.43. The molecular formula is C15H13F5N4O3. The number of nitrogens with one attached hydrogen (secondary N) is 3. The van der Waals surface area contributed by atoms with Crippen molar-refractivity contribution in [2.24, 2.45) is 0 Å². The zero-order valence-corrected chi connectivity index (χ0v) is 13.5. The Balaban J connectivity index is 1.82. The Morgan fingerprint density at radius 3 is 2.48 bits per heavy atom. The number of halogens is 5. The van der Waals surface area contributed by atoms with Gasteiger partial charge in [0.05, 0.1) is 11.3 Å². The van der Waals surface area contributed by atoms with Gasteiger partial charge < -0.3 is 15.4 Å². The van der Waals surface area contributed by atoms with E-state index in [2.05, 4.69) is 20.3 Å². The second-order valence-corrected chi connectivity index (χ2v) is 5.18. The number of carbonyl (C=O) groups is 2. The normalized spacial score (nSPS) is 11.1. The predicted molar refractivity (Wildman–Crippen MR) is 82.6 cm³/mol. The number of aromatic amines is 1. The predicted octanol–water partition coefficient (Wildman–Crippen LogP) is 2.97. The van der Waals surface area contributed by atoms with Gasteiger partial charge in [-0.3, -0.25) is 9.89 Å². The van der Waals surface area contributed by atoms with E-state index < -0.39 is 36.4 Å². The minimum atomic E-state index is -4.65. The van der Waals surface area contributed by atoms with E-state index in [4.69, 9.17) is 0 Å². The van der Waals surface area contributed by atoms with Crippen molar-refractivity contribution in [2.75, 3.05) is 18.5 Å². The van der Waals surface area contributed by atoms with Gasteiger partial charge in [-0.1, -0.05) is 6.07 Å². The molecule has 3 N–H and O–H groups in total. The number of rotatable bonds is 6. The van der Waals surface area contributed by atoms with Gasteiger partial charge in [-0.25, -0.2) is 13.6 Å². The largest absolute Gasteiger partial charge is 0.440 e. The standard InChI is InChI=1S/C15H13F5N4O3/c16-8-2-1-3-9(17)13(8)10-6-11(24-23-10)22-12(25)4-5-21-14(26)27-7-15(18,19)20/h1-3,6H,4-5,7H2,(H,21,26)(H2,22,23,24,25). The molecule has 1 aromatic heterocycles. The number of ether oxygens (including phenoxy) is 1. The molecule has 2 rings (SSSR count). The molecular weight excluding hydrogens is 379 g/mol. The lowest BCUT2D eigenvalue weighted by atomic mass is 10.1. The molecule has 0 atom stereocenters. The van der Waals surface area contributed by atoms with Crippen molar-refractivity contribution in [1.29, 1.82) is 0 Å². The van der Waals surface area contributed by atoms with Crippen molar-refractivity contribution >= 4 is 17.8 Å². The second kappa shape index (κ2) is 8.47. The molecule has 0 saturated carbocycles. The number of hydrogen-bond donors (Lipinski definition) is 3. The van der Waals surface area contributed by atoms with Gasteiger partial charge in [0.2, 0.25) is 5.91 Å². The van der Waals surface area contributed by atoms with Crippen LogP contribution in [0.15, 0.2) is 24.3 Å². The molecule has 1 heterocycles. The summed E-state index contributed by atoms with van der Waals surface area (Å²) in [5.74, 6) is -2.31. The van der Waals surface area contributed by atoms with Crippen LogP contribution in [0, 0.1) is 11.6 Å². The Morgan fingerprint density at radius 1 is 1.19 bits per heavy atom. The van der Waals surface area contributed by atoms with Crippen molar-refractivity contribution < 1.29 is 36.3 Å². The van der Waals surface area contributed by atoms with Crippen LogP contribution in [-0.4, -0.2) is 41.5 Å². The fraction of sp³-hybridized carbons (Fsp3) is 0.267. The van der Waals surface area contributed by atoms with Crippen molar-refractivity contribution in [1.82, 2.24) is 15.5 Å². The lowest BCUT2D eigenvalue weighted by molar-refractivity contribution is -0.160. The van der Waals surface area contributed by atoms with Crippen LogP contribution in [0.4, 0.5) is 32.6 Å². The van der Waals surface area contributed by atoms with E-state index >= 15 is 0 Å². The minimum absolute atomic E-state index is 0.00486. The van der Waals surface area contributed by atoms with E-state index in [9.17, 15) is 31.5 Å². The van der Waals surface area contributed by atoms with Crippen LogP contribution in [0.25, 0.3) is 11.3 Å². The van der Waals surface area contributed by atoms with E-state index in [0.717, 1.165) is 12.1 Å². The molecule has 27 heavy (non-hydrogen) atoms. The van der Waals surface area contributed by atoms with E-state index in [1.54, 1.807) is 0 Å². The summed E-state index contributed by atoms with van der Waals surface area (Å²) >= 11 is 0. The number of amides is 2. The zero-order chi connectivity index (χ0) is 20.0. The van der Waals surface area contributed by atoms with Crippen LogP contribution >= 0.6 is 0 Å². The highest BCUT2D eigenvalue weighted by atomic mass is 19.4. The molecule has 0 aliphatic carbocycles. The van der Waals surface area contributed by atoms with Crippen LogP contribution in [0.1, 0.15) is 6.42 Å². The Morgan fingerprint density at radius 2 is 1.85 bits per heavy atom. The van der Waals surface area contributed by atoms with E-state index in [1.807, 2.05) is 5.32 Å². The summed E-state index contributed by atoms with van der Waals surface area (Å²) in [4.78, 5) is 22.7. The molecule has 0 spiro atoms. The first-order valence-corrected chi connectivity index (χ1v) is 7.43. The highest BCUT2D eigenvalue weighted by Gasteiger charge is 2.29. The molecule has 2 amide bonds. The molecule has 0 unspecified atom stereocenters. The van der Waals surface area contributed by atoms with Gasteiger partial charge in [-0.05, 0) is 12.1 Å². The van der Waals surface area contributed by atoms with Gasteiger partial charge in [0.1, 0.15) is 11.6 Å². The molecule has 0 saturated heterocycles. The second-order valence-electron chi connectivity index (χ2n) is 5.18. The van der Waals surface area contributed by atoms with Gasteiger partial charge in [0.25, 0.3) is 0 Å². The summed E-state index contributed by atoms with van der Waals surface area (Å²) in [6.07, 6.45) is -6.27. The fourth-order valence-corrected chi connectivity index (χ4v) is 1.95. The van der Waals surface area contributed by atoms with Crippen LogP contribution in [-0.2, 0) is 9.53 Å². The maximum atomic E-state index is 13.7. The number of anilines is 1. The van der Waals surface area contributed by atoms with E-state index in [-0.39, 0.29) is 30.0 Å². The molecule has 12 heteroatoms. The van der Waals surface area contributed by atoms with Crippen LogP contribution < -0.4 is 10.6 Å². The number of nitrogens with zero attached hydrogens (tertiary/aromatic N) is 1. The third kappa shape index (κ3) is 6.24. The monoisotopic (exact) mass is 392 g/mol. The molecule has 0 fully saturated rings. The third-order valence-electron chi connectivity index (χ3n) is 3.07. The van der Waals surface area contributed by atoms with Gasteiger partial charge in [-0.15, -0.1) is 0 Å². The lowest BCUT2D eigenvalue weighted by Gasteiger charge is -2.08. The highest BCUT2D eigenvalue weighted by Crippen LogP contribution is 2.25. The Labute approximate surface area is 148 Å². The van der Waals surface area contributed by atoms with Crippen LogP contribution in [0.5, 0.6) is 0 Å². The van der Waals surface area contributed by atoms with Gasteiger partial charge in [-0.2, -0.15) is 18.3 Å². The number of benzene rings is 1. The van der Waals surface area contributed by atoms with Crippen molar-refractivity contribution in [3.05, 3.63) is 35.9 Å². The topological polar surface area (TPSA) is 96.1 Å². The van der Waals surface area contributed by atoms with E-state index in [1.165, 1.54) is 12.1 Å². The molecule has 7 nitrogen and oxygen atoms in total. The lowest BCUT2D eigenvalue weighted by Crippen LogP contribution is -2.31. The maximum Gasteiger partial charge on any atom is 0.422 e. The first-order chi connectivity index (χ1) is 12.7. The summed E-state index contributed by atoms with van der Waals surface area (Å²) in [6.45, 7) is -2.03. The van der Waals surface area contributed by atoms with Gasteiger partial charge >= 0.3 is 12.3 Å². The number of alkyl carbamates (subject to hydrolysis) is 1. The van der Waals surface area contributed by atoms with Gasteiger partial charge in [0.15, 0.2) is 12.4 Å². The number of aromatic nitrogens is 2. The molecule has 1 aromatic carbocycles. The smallest absolute Gasteiger partial charge is 0.422 e. The van der Waals surface area contributed by atoms with Crippen molar-refractivity contribution in [2.45, 2.75) is 12.6 Å². The fourth-order valence-electron chi connectivity index (χ4n) is 1.95. The Kier molecular flexibility index (Phi) is 6.32. The molecule has 0 bridgehead atoms. The SMILES string of the molecule is O=C(CCNC(=O)OCC(F)(F)F)Nc1cc(-c2c(F)cccc2F)[nH]n1. The summed E-state index contributed by atoms with van der Waals surface area (Å²) in [7, 11) is 0. The number of alkyl halides is 3. The van der Waals surface area contributed by atoms with Crippen LogP contribution in [0.3, 0.4) is 0 Å². The maximum absolute atomic E-state index is 13.7. The molecule has 0 aliphatic heterocycles. The molecule has 2 aromatic rings. The van der Waals surface area contributed by atoms with Crippen molar-refractivity contribution in [3.63, 3.8) is 0 Å². The molecule has 0 aliphatic rings. The Bertz CT molecular complexity index is 802. The summed E-state index contributed by atoms with van der Waals surface area (Å²) in [6, 6.07) is 4.51. The average molecular weight is 392 g/mol. The highest BCUT2D eigenvalue weighted by molar-refractivity contribution is 5.90. The molecule has 146 valence electrons. The van der Waals surface area contributed by atoms with Gasteiger partial charge in [0, 0.05) is 19.0 Å². The van der Waals surface area contributed by atoms with Crippen molar-refractivity contribution in [3.8, 4) is 11.3 Å². The summed E-state index contributed by atoms with van der Waals surface area (Å²) in [5.41, 5.74) is -0.352. The Hall–Kier alpha value is -3.18. The number of H-pyrrole nitrogens is 1. The first kappa shape index (κ1) is 20.1. The zero-order valence-electron chi connectivity index (χ0n) is 13.5. The third-order valence-corrected chi connectivity index (χ3v) is 3.07. The molecule has 0 radical (unpaired) electrons. The average Bonchev–Trinajstić information content (AvgIpc) is 3.00. The summed E-state index contributed by atoms with van der Waals surface area (Å²) < 4.78 is 66.8. The number of hydrogen-bond acceptors (Lipinski definition) is 4.